The lowest BCUT2D eigenvalue weighted by atomic mass is 9.93. The van der Waals surface area contributed by atoms with Gasteiger partial charge in [-0.1, -0.05) is 15.9 Å². The van der Waals surface area contributed by atoms with Crippen LogP contribution < -0.4 is 0 Å². The number of halogens is 2. The molecular weight excluding hydrogens is 329 g/mol. The molecule has 4 nitrogen and oxygen atoms in total. The van der Waals surface area contributed by atoms with Crippen LogP contribution in [-0.4, -0.2) is 34.5 Å². The van der Waals surface area contributed by atoms with Crippen LogP contribution in [0.1, 0.15) is 18.9 Å². The Bertz CT molecular complexity index is 620. The Morgan fingerprint density at radius 2 is 2.20 bits per heavy atom. The molecule has 1 aromatic carbocycles. The monoisotopic (exact) mass is 341 g/mol. The number of carboxylic acid groups (broad SMARTS) is 1. The van der Waals surface area contributed by atoms with Crippen LogP contribution in [0.15, 0.2) is 22.7 Å². The van der Waals surface area contributed by atoms with Crippen LogP contribution in [0.3, 0.4) is 0 Å². The summed E-state index contributed by atoms with van der Waals surface area (Å²) in [5, 5.41) is 9.23. The van der Waals surface area contributed by atoms with Crippen LogP contribution in [-0.2, 0) is 10.2 Å². The zero-order chi connectivity index (χ0) is 14.7. The molecule has 106 valence electrons. The number of hydrogen-bond acceptors (Lipinski definition) is 2. The minimum absolute atomic E-state index is 0.111. The molecule has 1 aliphatic heterocycles. The Labute approximate surface area is 123 Å². The molecule has 1 heterocycles. The second-order valence-corrected chi connectivity index (χ2v) is 6.47. The summed E-state index contributed by atoms with van der Waals surface area (Å²) in [6.45, 7) is 1.58. The quantitative estimate of drug-likeness (QED) is 0.899. The lowest BCUT2D eigenvalue weighted by Crippen LogP contribution is -2.42. The number of carbonyl (C=O) groups excluding carboxylic acids is 1. The molecule has 2 aliphatic rings. The highest BCUT2D eigenvalue weighted by Crippen LogP contribution is 2.62. The van der Waals surface area contributed by atoms with Gasteiger partial charge in [0, 0.05) is 16.4 Å². The number of nitrogens with zero attached hydrogens (tertiary/aromatic N) is 1. The van der Waals surface area contributed by atoms with Crippen LogP contribution in [0.4, 0.5) is 9.18 Å². The number of fused-ring (bicyclic) bond motifs is 1. The van der Waals surface area contributed by atoms with Crippen LogP contribution in [0.25, 0.3) is 0 Å². The SMILES string of the molecule is CC(=O)C1[C@@H]2C[C@]2(c2cc(Br)ccc2F)CN1C(=O)O. The molecule has 1 aliphatic carbocycles. The van der Waals surface area contributed by atoms with Crippen molar-refractivity contribution in [3.8, 4) is 0 Å². The fourth-order valence-electron chi connectivity index (χ4n) is 3.51. The zero-order valence-corrected chi connectivity index (χ0v) is 12.4. The van der Waals surface area contributed by atoms with Gasteiger partial charge in [0.2, 0.25) is 0 Å². The van der Waals surface area contributed by atoms with Gasteiger partial charge in [0.15, 0.2) is 5.78 Å². The number of carbonyl (C=O) groups is 2. The van der Waals surface area contributed by atoms with Crippen LogP contribution >= 0.6 is 15.9 Å². The third-order valence-corrected chi connectivity index (χ3v) is 4.92. The van der Waals surface area contributed by atoms with E-state index in [2.05, 4.69) is 15.9 Å². The molecule has 0 aromatic heterocycles. The summed E-state index contributed by atoms with van der Waals surface area (Å²) in [5.41, 5.74) is -0.0327. The van der Waals surface area contributed by atoms with Crippen molar-refractivity contribution < 1.29 is 19.1 Å². The maximum Gasteiger partial charge on any atom is 0.407 e. The van der Waals surface area contributed by atoms with E-state index in [1.807, 2.05) is 0 Å². The topological polar surface area (TPSA) is 57.6 Å². The number of ketones is 1. The first-order valence-electron chi connectivity index (χ1n) is 6.32. The summed E-state index contributed by atoms with van der Waals surface area (Å²) < 4.78 is 14.8. The van der Waals surface area contributed by atoms with Gasteiger partial charge in [0.25, 0.3) is 0 Å². The fourth-order valence-corrected chi connectivity index (χ4v) is 3.87. The van der Waals surface area contributed by atoms with Crippen molar-refractivity contribution in [1.82, 2.24) is 4.90 Å². The maximum atomic E-state index is 14.1. The van der Waals surface area contributed by atoms with Crippen molar-refractivity contribution in [1.29, 1.82) is 0 Å². The minimum Gasteiger partial charge on any atom is -0.465 e. The summed E-state index contributed by atoms with van der Waals surface area (Å²) in [4.78, 5) is 24.1. The maximum absolute atomic E-state index is 14.1. The van der Waals surface area contributed by atoms with E-state index in [0.717, 1.165) is 9.37 Å². The molecule has 3 rings (SSSR count). The van der Waals surface area contributed by atoms with E-state index in [1.165, 1.54) is 13.0 Å². The molecule has 1 saturated heterocycles. The molecule has 1 aromatic rings. The van der Waals surface area contributed by atoms with Gasteiger partial charge in [-0.15, -0.1) is 0 Å². The Morgan fingerprint density at radius 1 is 1.50 bits per heavy atom. The molecule has 20 heavy (non-hydrogen) atoms. The summed E-state index contributed by atoms with van der Waals surface area (Å²) in [5.74, 6) is -0.627. The van der Waals surface area contributed by atoms with Gasteiger partial charge in [-0.2, -0.15) is 0 Å². The van der Waals surface area contributed by atoms with E-state index >= 15 is 0 Å². The highest BCUT2D eigenvalue weighted by molar-refractivity contribution is 9.10. The number of benzene rings is 1. The number of amides is 1. The van der Waals surface area contributed by atoms with Crippen molar-refractivity contribution in [2.75, 3.05) is 6.54 Å². The summed E-state index contributed by atoms with van der Waals surface area (Å²) in [7, 11) is 0. The Kier molecular flexibility index (Phi) is 2.90. The van der Waals surface area contributed by atoms with E-state index < -0.39 is 17.6 Å². The zero-order valence-electron chi connectivity index (χ0n) is 10.8. The van der Waals surface area contributed by atoms with Crippen molar-refractivity contribution in [2.24, 2.45) is 5.92 Å². The highest BCUT2D eigenvalue weighted by atomic mass is 79.9. The van der Waals surface area contributed by atoms with E-state index in [9.17, 15) is 19.1 Å². The molecular formula is C14H13BrFNO3. The number of piperidine rings is 1. The van der Waals surface area contributed by atoms with Crippen molar-refractivity contribution >= 4 is 27.8 Å². The van der Waals surface area contributed by atoms with Gasteiger partial charge in [0.05, 0.1) is 6.04 Å². The molecule has 3 atom stereocenters. The molecule has 1 N–H and O–H groups in total. The van der Waals surface area contributed by atoms with Crippen LogP contribution in [0.5, 0.6) is 0 Å². The predicted molar refractivity (Wildman–Crippen MR) is 73.1 cm³/mol. The number of Topliss-reactive ketones (excluding diaryl/α,β-unsaturated/α-hetero) is 1. The minimum atomic E-state index is -1.12. The second kappa shape index (κ2) is 4.28. The molecule has 1 amide bonds. The number of hydrogen-bond donors (Lipinski definition) is 1. The van der Waals surface area contributed by atoms with Crippen molar-refractivity contribution in [3.63, 3.8) is 0 Å². The summed E-state index contributed by atoms with van der Waals surface area (Å²) in [6.07, 6.45) is -0.457. The fraction of sp³-hybridized carbons (Fsp3) is 0.429. The summed E-state index contributed by atoms with van der Waals surface area (Å²) in [6, 6.07) is 4.03. The number of rotatable bonds is 2. The van der Waals surface area contributed by atoms with E-state index in [0.29, 0.717) is 12.0 Å². The van der Waals surface area contributed by atoms with Gasteiger partial charge in [-0.3, -0.25) is 9.69 Å². The van der Waals surface area contributed by atoms with Gasteiger partial charge >= 0.3 is 6.09 Å². The smallest absolute Gasteiger partial charge is 0.407 e. The first kappa shape index (κ1) is 13.5. The second-order valence-electron chi connectivity index (χ2n) is 5.56. The Hall–Kier alpha value is -1.43. The van der Waals surface area contributed by atoms with E-state index in [1.54, 1.807) is 12.1 Å². The van der Waals surface area contributed by atoms with Crippen LogP contribution in [0.2, 0.25) is 0 Å². The molecule has 0 spiro atoms. The first-order chi connectivity index (χ1) is 9.36. The van der Waals surface area contributed by atoms with Gasteiger partial charge in [0.1, 0.15) is 5.82 Å². The molecule has 2 fully saturated rings. The molecule has 1 saturated carbocycles. The Morgan fingerprint density at radius 3 is 2.75 bits per heavy atom. The largest absolute Gasteiger partial charge is 0.465 e. The normalized spacial score (nSPS) is 31.1. The Balaban J connectivity index is 2.03. The summed E-state index contributed by atoms with van der Waals surface area (Å²) >= 11 is 3.31. The van der Waals surface area contributed by atoms with Crippen LogP contribution in [0, 0.1) is 11.7 Å². The predicted octanol–water partition coefficient (Wildman–Crippen LogP) is 2.80. The van der Waals surface area contributed by atoms with Crippen molar-refractivity contribution in [3.05, 3.63) is 34.1 Å². The first-order valence-corrected chi connectivity index (χ1v) is 7.11. The van der Waals surface area contributed by atoms with Crippen molar-refractivity contribution in [2.45, 2.75) is 24.8 Å². The molecule has 1 unspecified atom stereocenters. The third kappa shape index (κ3) is 1.78. The lowest BCUT2D eigenvalue weighted by molar-refractivity contribution is -0.121. The van der Waals surface area contributed by atoms with E-state index in [4.69, 9.17) is 0 Å². The van der Waals surface area contributed by atoms with Gasteiger partial charge < -0.3 is 5.11 Å². The van der Waals surface area contributed by atoms with Gasteiger partial charge in [-0.25, -0.2) is 9.18 Å². The van der Waals surface area contributed by atoms with Gasteiger partial charge in [-0.05, 0) is 43.0 Å². The molecule has 0 radical (unpaired) electrons. The number of likely N-dealkylation sites (tertiary alicyclic amines) is 1. The molecule has 6 heteroatoms. The standard InChI is InChI=1S/C14H13BrFNO3/c1-7(18)12-10-5-14(10,6-17(12)13(19)20)9-4-8(15)2-3-11(9)16/h2-4,10,12H,5-6H2,1H3,(H,19,20)/t10-,12?,14+/m0/s1. The average Bonchev–Trinajstić information content (AvgIpc) is 2.97. The molecule has 0 bridgehead atoms. The third-order valence-electron chi connectivity index (χ3n) is 4.43. The average molecular weight is 342 g/mol. The highest BCUT2D eigenvalue weighted by Gasteiger charge is 2.68. The van der Waals surface area contributed by atoms with E-state index in [-0.39, 0.29) is 24.1 Å². The lowest BCUT2D eigenvalue weighted by Gasteiger charge is -2.23.